The van der Waals surface area contributed by atoms with E-state index >= 15 is 0 Å². The minimum atomic E-state index is -4.28. The lowest BCUT2D eigenvalue weighted by Gasteiger charge is -2.28. The molecule has 6 aromatic carbocycles. The molecule has 1 nitrogen and oxygen atoms in total. The normalized spacial score (nSPS) is 13.6. The van der Waals surface area contributed by atoms with Gasteiger partial charge in [-0.15, -0.1) is 0 Å². The zero-order valence-electron chi connectivity index (χ0n) is 24.0. The lowest BCUT2D eigenvalue weighted by Crippen LogP contribution is -2.34. The first-order valence-corrected chi connectivity index (χ1v) is 14.2. The molecule has 0 saturated heterocycles. The van der Waals surface area contributed by atoms with Crippen LogP contribution in [0.1, 0.15) is 45.7 Å². The summed E-state index contributed by atoms with van der Waals surface area (Å²) in [4.78, 5) is 4.98. The molecule has 0 aliphatic heterocycles. The molecule has 7 aromatic rings. The van der Waals surface area contributed by atoms with E-state index in [0.717, 1.165) is 49.6 Å². The number of hydrogen-bond donors (Lipinski definition) is 0. The summed E-state index contributed by atoms with van der Waals surface area (Å²) in [6.07, 6.45) is -1.57. The highest BCUT2D eigenvalue weighted by Crippen LogP contribution is 2.47. The van der Waals surface area contributed by atoms with Gasteiger partial charge in [-0.25, -0.2) is 0 Å². The van der Waals surface area contributed by atoms with Gasteiger partial charge in [0.1, 0.15) is 0 Å². The SMILES string of the molecule is CC(C)(C)Cc1c2ccccc2cc2c3nccc4c5ccc(CC(C)(C)C(F)(F)F)cc5c5cccc(c12)c5c43. The van der Waals surface area contributed by atoms with Gasteiger partial charge < -0.3 is 0 Å². The molecule has 0 amide bonds. The maximum atomic E-state index is 13.8. The van der Waals surface area contributed by atoms with Crippen LogP contribution in [0.15, 0.2) is 79.0 Å². The second kappa shape index (κ2) is 8.55. The maximum absolute atomic E-state index is 13.8. The zero-order chi connectivity index (χ0) is 28.9. The van der Waals surface area contributed by atoms with Crippen LogP contribution in [-0.2, 0) is 12.8 Å². The number of hydrogen-bond acceptors (Lipinski definition) is 1. The molecule has 0 N–H and O–H groups in total. The van der Waals surface area contributed by atoms with Crippen molar-refractivity contribution in [1.82, 2.24) is 4.98 Å². The van der Waals surface area contributed by atoms with Crippen LogP contribution >= 0.6 is 0 Å². The van der Waals surface area contributed by atoms with Gasteiger partial charge in [-0.05, 0) is 84.6 Å². The van der Waals surface area contributed by atoms with Gasteiger partial charge in [0.25, 0.3) is 0 Å². The van der Waals surface area contributed by atoms with E-state index in [1.165, 1.54) is 41.0 Å². The molecular weight excluding hydrogens is 515 g/mol. The highest BCUT2D eigenvalue weighted by Gasteiger charge is 2.47. The van der Waals surface area contributed by atoms with Crippen LogP contribution in [0, 0.1) is 10.8 Å². The largest absolute Gasteiger partial charge is 0.394 e. The Morgan fingerprint density at radius 1 is 0.585 bits per heavy atom. The third-order valence-corrected chi connectivity index (χ3v) is 8.73. The maximum Gasteiger partial charge on any atom is 0.394 e. The first-order valence-electron chi connectivity index (χ1n) is 14.2. The van der Waals surface area contributed by atoms with E-state index in [4.69, 9.17) is 4.98 Å². The number of alkyl halides is 3. The van der Waals surface area contributed by atoms with Gasteiger partial charge >= 0.3 is 6.18 Å². The third-order valence-electron chi connectivity index (χ3n) is 8.73. The van der Waals surface area contributed by atoms with Gasteiger partial charge in [-0.1, -0.05) is 95.3 Å². The number of benzene rings is 6. The van der Waals surface area contributed by atoms with Crippen molar-refractivity contribution in [2.24, 2.45) is 10.8 Å². The lowest BCUT2D eigenvalue weighted by molar-refractivity contribution is -0.211. The predicted octanol–water partition coefficient (Wildman–Crippen LogP) is 11.2. The molecule has 206 valence electrons. The molecule has 0 bridgehead atoms. The van der Waals surface area contributed by atoms with E-state index in [-0.39, 0.29) is 11.8 Å². The molecule has 0 atom stereocenters. The monoisotopic (exact) mass is 547 g/mol. The fourth-order valence-corrected chi connectivity index (χ4v) is 6.80. The number of fused-ring (bicyclic) bond motifs is 7. The van der Waals surface area contributed by atoms with E-state index in [1.54, 1.807) is 0 Å². The predicted molar refractivity (Wildman–Crippen MR) is 167 cm³/mol. The number of rotatable bonds is 3. The fourth-order valence-electron chi connectivity index (χ4n) is 6.80. The molecule has 1 heterocycles. The molecule has 41 heavy (non-hydrogen) atoms. The highest BCUT2D eigenvalue weighted by atomic mass is 19.4. The molecule has 0 radical (unpaired) electrons. The molecule has 0 saturated carbocycles. The topological polar surface area (TPSA) is 12.9 Å². The summed E-state index contributed by atoms with van der Waals surface area (Å²) < 4.78 is 41.4. The Hall–Kier alpha value is -3.92. The van der Waals surface area contributed by atoms with Crippen molar-refractivity contribution in [3.63, 3.8) is 0 Å². The Bertz CT molecular complexity index is 2150. The van der Waals surface area contributed by atoms with E-state index in [9.17, 15) is 13.2 Å². The number of halogens is 3. The van der Waals surface area contributed by atoms with Gasteiger partial charge in [0.15, 0.2) is 0 Å². The van der Waals surface area contributed by atoms with Gasteiger partial charge in [0.05, 0.1) is 10.9 Å². The Balaban J connectivity index is 1.66. The molecular formula is C37H32F3N. The van der Waals surface area contributed by atoms with Crippen LogP contribution in [0.4, 0.5) is 13.2 Å². The molecule has 0 fully saturated rings. The van der Waals surface area contributed by atoms with E-state index < -0.39 is 11.6 Å². The van der Waals surface area contributed by atoms with Crippen LogP contribution in [0.2, 0.25) is 0 Å². The lowest BCUT2D eigenvalue weighted by atomic mass is 9.80. The molecule has 0 unspecified atom stereocenters. The Morgan fingerprint density at radius 3 is 2.05 bits per heavy atom. The number of aromatic nitrogens is 1. The average molecular weight is 548 g/mol. The summed E-state index contributed by atoms with van der Waals surface area (Å²) in [5.74, 6) is 0. The van der Waals surface area contributed by atoms with Crippen LogP contribution in [0.25, 0.3) is 64.8 Å². The molecule has 1 aromatic heterocycles. The third kappa shape index (κ3) is 3.94. The van der Waals surface area contributed by atoms with Gasteiger partial charge in [-0.3, -0.25) is 4.98 Å². The summed E-state index contributed by atoms with van der Waals surface area (Å²) in [5, 5.41) is 12.5. The van der Waals surface area contributed by atoms with Crippen molar-refractivity contribution < 1.29 is 13.2 Å². The zero-order valence-corrected chi connectivity index (χ0v) is 24.0. The summed E-state index contributed by atoms with van der Waals surface area (Å²) in [7, 11) is 0. The first-order chi connectivity index (χ1) is 19.3. The summed E-state index contributed by atoms with van der Waals surface area (Å²) in [6, 6.07) is 25.2. The number of nitrogens with zero attached hydrogens (tertiary/aromatic N) is 1. The second-order valence-corrected chi connectivity index (χ2v) is 13.5. The standard InChI is InChI=1S/C37H32F3N/c1-35(2,3)20-30-23-10-7-6-9-22(23)18-29-31(30)27-12-8-11-25-28-17-21(19-36(4,5)37(38,39)40)13-14-24(28)26-15-16-41-34(29)33(26)32(25)27/h6-18H,19-20H2,1-5H3. The molecule has 0 spiro atoms. The quantitative estimate of drug-likeness (QED) is 0.158. The van der Waals surface area contributed by atoms with Crippen LogP contribution < -0.4 is 0 Å². The first kappa shape index (κ1) is 26.0. The Morgan fingerprint density at radius 2 is 1.29 bits per heavy atom. The molecule has 4 heteroatoms. The Kier molecular flexibility index (Phi) is 5.42. The smallest absolute Gasteiger partial charge is 0.256 e. The second-order valence-electron chi connectivity index (χ2n) is 13.5. The summed E-state index contributed by atoms with van der Waals surface area (Å²) in [5.41, 5.74) is 1.24. The molecule has 7 rings (SSSR count). The Labute approximate surface area is 237 Å². The van der Waals surface area contributed by atoms with E-state index in [0.29, 0.717) is 5.56 Å². The van der Waals surface area contributed by atoms with Crippen molar-refractivity contribution in [3.8, 4) is 0 Å². The average Bonchev–Trinajstić information content (AvgIpc) is 2.90. The van der Waals surface area contributed by atoms with Crippen LogP contribution in [0.3, 0.4) is 0 Å². The van der Waals surface area contributed by atoms with E-state index in [2.05, 4.69) is 75.4 Å². The van der Waals surface area contributed by atoms with Gasteiger partial charge in [0, 0.05) is 22.4 Å². The minimum Gasteiger partial charge on any atom is -0.256 e. The minimum absolute atomic E-state index is 0.0646. The highest BCUT2D eigenvalue weighted by molar-refractivity contribution is 6.40. The van der Waals surface area contributed by atoms with Crippen molar-refractivity contribution in [1.29, 1.82) is 0 Å². The molecule has 0 aliphatic carbocycles. The summed E-state index contributed by atoms with van der Waals surface area (Å²) >= 11 is 0. The van der Waals surface area contributed by atoms with Gasteiger partial charge in [-0.2, -0.15) is 13.2 Å². The van der Waals surface area contributed by atoms with Crippen molar-refractivity contribution >= 4 is 64.8 Å². The van der Waals surface area contributed by atoms with Crippen LogP contribution in [-0.4, -0.2) is 11.2 Å². The van der Waals surface area contributed by atoms with Crippen molar-refractivity contribution in [2.75, 3.05) is 0 Å². The molecule has 0 aliphatic rings. The van der Waals surface area contributed by atoms with Crippen molar-refractivity contribution in [2.45, 2.75) is 53.6 Å². The van der Waals surface area contributed by atoms with E-state index in [1.807, 2.05) is 24.4 Å². The fraction of sp³-hybridized carbons (Fsp3) is 0.270. The van der Waals surface area contributed by atoms with Crippen molar-refractivity contribution in [3.05, 3.63) is 90.1 Å². The number of pyridine rings is 1. The summed E-state index contributed by atoms with van der Waals surface area (Å²) in [6.45, 7) is 9.38. The van der Waals surface area contributed by atoms with Gasteiger partial charge in [0.2, 0.25) is 0 Å². The van der Waals surface area contributed by atoms with Crippen LogP contribution in [0.5, 0.6) is 0 Å².